The third kappa shape index (κ3) is 2.81. The van der Waals surface area contributed by atoms with Crippen molar-refractivity contribution in [3.63, 3.8) is 0 Å². The van der Waals surface area contributed by atoms with Crippen LogP contribution in [0.2, 0.25) is 0 Å². The molecule has 21 heavy (non-hydrogen) atoms. The van der Waals surface area contributed by atoms with Crippen molar-refractivity contribution in [1.29, 1.82) is 0 Å². The van der Waals surface area contributed by atoms with Crippen molar-refractivity contribution in [3.05, 3.63) is 48.2 Å². The van der Waals surface area contributed by atoms with Crippen molar-refractivity contribution < 1.29 is 13.2 Å². The number of alkyl halides is 3. The normalized spacial score (nSPS) is 19.0. The molecule has 0 radical (unpaired) electrons. The van der Waals surface area contributed by atoms with E-state index in [1.807, 2.05) is 11.0 Å². The number of aromatic nitrogens is 3. The van der Waals surface area contributed by atoms with Gasteiger partial charge in [-0.1, -0.05) is 0 Å². The molecule has 3 rings (SSSR count). The van der Waals surface area contributed by atoms with Crippen molar-refractivity contribution in [3.8, 4) is 0 Å². The van der Waals surface area contributed by atoms with Gasteiger partial charge in [0.1, 0.15) is 12.1 Å². The molecule has 0 saturated carbocycles. The molecule has 0 unspecified atom stereocenters. The van der Waals surface area contributed by atoms with Gasteiger partial charge >= 0.3 is 6.18 Å². The second-order valence-electron chi connectivity index (χ2n) is 4.89. The van der Waals surface area contributed by atoms with E-state index in [1.54, 1.807) is 6.20 Å². The Kier molecular flexibility index (Phi) is 3.48. The molecule has 3 heterocycles. The average Bonchev–Trinajstić information content (AvgIpc) is 2.97. The van der Waals surface area contributed by atoms with Crippen LogP contribution in [0, 0.1) is 0 Å². The number of nitrogens with zero attached hydrogens (tertiary/aromatic N) is 4. The third-order valence-corrected chi connectivity index (χ3v) is 3.57. The van der Waals surface area contributed by atoms with Gasteiger partial charge in [0.15, 0.2) is 0 Å². The van der Waals surface area contributed by atoms with E-state index < -0.39 is 11.7 Å². The van der Waals surface area contributed by atoms with Gasteiger partial charge in [-0.2, -0.15) is 13.2 Å². The summed E-state index contributed by atoms with van der Waals surface area (Å²) in [5.41, 5.74) is 0.133. The Hall–Kier alpha value is -2.18. The minimum absolute atomic E-state index is 0.0391. The minimum atomic E-state index is -4.36. The molecule has 1 atom stereocenters. The molecule has 1 aliphatic rings. The first kappa shape index (κ1) is 13.8. The maximum atomic E-state index is 12.6. The molecule has 0 spiro atoms. The van der Waals surface area contributed by atoms with Crippen molar-refractivity contribution in [1.82, 2.24) is 15.0 Å². The van der Waals surface area contributed by atoms with Gasteiger partial charge in [-0.25, -0.2) is 15.0 Å². The summed E-state index contributed by atoms with van der Waals surface area (Å²) in [6, 6.07) is 4.35. The molecular formula is C14H13F3N4. The van der Waals surface area contributed by atoms with Crippen LogP contribution < -0.4 is 4.90 Å². The first-order chi connectivity index (χ1) is 10.1. The van der Waals surface area contributed by atoms with Crippen LogP contribution in [-0.2, 0) is 6.18 Å². The van der Waals surface area contributed by atoms with Crippen LogP contribution in [0.1, 0.15) is 30.1 Å². The van der Waals surface area contributed by atoms with E-state index in [-0.39, 0.29) is 6.04 Å². The van der Waals surface area contributed by atoms with Crippen molar-refractivity contribution in [2.45, 2.75) is 25.1 Å². The fourth-order valence-electron chi connectivity index (χ4n) is 2.57. The van der Waals surface area contributed by atoms with Crippen LogP contribution in [0.15, 0.2) is 36.9 Å². The highest BCUT2D eigenvalue weighted by Crippen LogP contribution is 2.35. The van der Waals surface area contributed by atoms with Crippen LogP contribution in [0.25, 0.3) is 0 Å². The molecule has 0 amide bonds. The van der Waals surface area contributed by atoms with E-state index in [4.69, 9.17) is 0 Å². The summed E-state index contributed by atoms with van der Waals surface area (Å²) in [6.07, 6.45) is 1.52. The molecule has 7 heteroatoms. The number of halogens is 3. The molecule has 4 nitrogen and oxygen atoms in total. The summed E-state index contributed by atoms with van der Waals surface area (Å²) >= 11 is 0. The maximum absolute atomic E-state index is 12.6. The number of hydrogen-bond donors (Lipinski definition) is 0. The van der Waals surface area contributed by atoms with E-state index >= 15 is 0 Å². The first-order valence-corrected chi connectivity index (χ1v) is 6.61. The Morgan fingerprint density at radius 2 is 2.00 bits per heavy atom. The Balaban J connectivity index is 1.86. The molecule has 0 bridgehead atoms. The van der Waals surface area contributed by atoms with Crippen LogP contribution in [0.3, 0.4) is 0 Å². The molecule has 0 N–H and O–H groups in total. The Bertz CT molecular complexity index is 598. The van der Waals surface area contributed by atoms with Crippen molar-refractivity contribution >= 4 is 5.82 Å². The molecule has 2 aromatic rings. The highest BCUT2D eigenvalue weighted by molar-refractivity contribution is 5.43. The molecule has 1 saturated heterocycles. The molecule has 0 aliphatic carbocycles. The third-order valence-electron chi connectivity index (χ3n) is 3.57. The number of anilines is 1. The average molecular weight is 294 g/mol. The lowest BCUT2D eigenvalue weighted by Gasteiger charge is -2.25. The van der Waals surface area contributed by atoms with E-state index in [0.717, 1.165) is 37.3 Å². The fraction of sp³-hybridized carbons (Fsp3) is 0.357. The van der Waals surface area contributed by atoms with E-state index in [9.17, 15) is 13.2 Å². The van der Waals surface area contributed by atoms with E-state index in [2.05, 4.69) is 15.0 Å². The summed E-state index contributed by atoms with van der Waals surface area (Å²) in [7, 11) is 0. The van der Waals surface area contributed by atoms with Crippen LogP contribution >= 0.6 is 0 Å². The van der Waals surface area contributed by atoms with E-state index in [1.165, 1.54) is 12.4 Å². The highest BCUT2D eigenvalue weighted by atomic mass is 19.4. The quantitative estimate of drug-likeness (QED) is 0.852. The lowest BCUT2D eigenvalue weighted by atomic mass is 10.1. The summed E-state index contributed by atoms with van der Waals surface area (Å²) in [5, 5.41) is 0. The first-order valence-electron chi connectivity index (χ1n) is 6.61. The molecular weight excluding hydrogens is 281 g/mol. The SMILES string of the molecule is FC(F)(F)c1ccc(N2CCC[C@H]2c2ccncn2)nc1. The van der Waals surface area contributed by atoms with Crippen LogP contribution in [0.5, 0.6) is 0 Å². The van der Waals surface area contributed by atoms with Crippen LogP contribution in [-0.4, -0.2) is 21.5 Å². The van der Waals surface area contributed by atoms with Gasteiger partial charge in [0, 0.05) is 18.9 Å². The lowest BCUT2D eigenvalue weighted by molar-refractivity contribution is -0.137. The maximum Gasteiger partial charge on any atom is 0.417 e. The topological polar surface area (TPSA) is 41.9 Å². The van der Waals surface area contributed by atoms with Gasteiger partial charge in [0.25, 0.3) is 0 Å². The lowest BCUT2D eigenvalue weighted by Crippen LogP contribution is -2.24. The summed E-state index contributed by atoms with van der Waals surface area (Å²) in [6.45, 7) is 0.757. The standard InChI is InChI=1S/C14H13F3N4/c15-14(16,17)10-3-4-13(19-8-10)21-7-1-2-12(21)11-5-6-18-9-20-11/h3-6,8-9,12H,1-2,7H2/t12-/m0/s1. The smallest absolute Gasteiger partial charge is 0.348 e. The number of hydrogen-bond acceptors (Lipinski definition) is 4. The van der Waals surface area contributed by atoms with Gasteiger partial charge < -0.3 is 4.90 Å². The monoisotopic (exact) mass is 294 g/mol. The predicted molar refractivity (Wildman–Crippen MR) is 70.6 cm³/mol. The van der Waals surface area contributed by atoms with Gasteiger partial charge in [-0.05, 0) is 31.0 Å². The highest BCUT2D eigenvalue weighted by Gasteiger charge is 2.32. The Morgan fingerprint density at radius 3 is 2.62 bits per heavy atom. The van der Waals surface area contributed by atoms with E-state index in [0.29, 0.717) is 5.82 Å². The largest absolute Gasteiger partial charge is 0.417 e. The second kappa shape index (κ2) is 5.31. The minimum Gasteiger partial charge on any atom is -0.348 e. The van der Waals surface area contributed by atoms with Crippen molar-refractivity contribution in [2.75, 3.05) is 11.4 Å². The van der Waals surface area contributed by atoms with Gasteiger partial charge in [-0.3, -0.25) is 0 Å². The zero-order valence-corrected chi connectivity index (χ0v) is 11.1. The fourth-order valence-corrected chi connectivity index (χ4v) is 2.57. The second-order valence-corrected chi connectivity index (χ2v) is 4.89. The zero-order chi connectivity index (χ0) is 14.9. The van der Waals surface area contributed by atoms with Crippen molar-refractivity contribution in [2.24, 2.45) is 0 Å². The molecule has 0 aromatic carbocycles. The van der Waals surface area contributed by atoms with Gasteiger partial charge in [0.05, 0.1) is 17.3 Å². The summed E-state index contributed by atoms with van der Waals surface area (Å²) in [5.74, 6) is 0.545. The summed E-state index contributed by atoms with van der Waals surface area (Å²) < 4.78 is 37.7. The zero-order valence-electron chi connectivity index (χ0n) is 11.1. The number of rotatable bonds is 2. The molecule has 1 aliphatic heterocycles. The molecule has 2 aromatic heterocycles. The van der Waals surface area contributed by atoms with Gasteiger partial charge in [-0.15, -0.1) is 0 Å². The van der Waals surface area contributed by atoms with Crippen LogP contribution in [0.4, 0.5) is 19.0 Å². The summed E-state index contributed by atoms with van der Waals surface area (Å²) in [4.78, 5) is 14.1. The van der Waals surface area contributed by atoms with Gasteiger partial charge in [0.2, 0.25) is 0 Å². The molecule has 1 fully saturated rings. The predicted octanol–water partition coefficient (Wildman–Crippen LogP) is 3.23. The number of pyridine rings is 1. The Morgan fingerprint density at radius 1 is 1.14 bits per heavy atom. The Labute approximate surface area is 119 Å². The molecule has 110 valence electrons.